The van der Waals surface area contributed by atoms with E-state index in [1.165, 1.54) is 37.8 Å². The first-order chi connectivity index (χ1) is 15.2. The Kier molecular flexibility index (Phi) is 5.66. The van der Waals surface area contributed by atoms with Crippen molar-refractivity contribution < 1.29 is 4.79 Å². The Bertz CT molecular complexity index is 918. The first-order valence-corrected chi connectivity index (χ1v) is 11.8. The van der Waals surface area contributed by atoms with Crippen LogP contribution in [-0.4, -0.2) is 48.1 Å². The van der Waals surface area contributed by atoms with Gasteiger partial charge in [-0.15, -0.1) is 0 Å². The number of hydrogen-bond donors (Lipinski definition) is 1. The maximum absolute atomic E-state index is 12.7. The van der Waals surface area contributed by atoms with Gasteiger partial charge in [0.05, 0.1) is 12.7 Å². The van der Waals surface area contributed by atoms with E-state index in [0.29, 0.717) is 25.1 Å². The molecule has 1 N–H and O–H groups in total. The summed E-state index contributed by atoms with van der Waals surface area (Å²) in [4.78, 5) is 28.6. The molecule has 1 saturated carbocycles. The Labute approximate surface area is 184 Å². The molecule has 1 amide bonds. The molecule has 7 nitrogen and oxygen atoms in total. The van der Waals surface area contributed by atoms with Crippen LogP contribution in [0.1, 0.15) is 51.9 Å². The van der Waals surface area contributed by atoms with Crippen LogP contribution < -0.4 is 20.0 Å². The van der Waals surface area contributed by atoms with Crippen molar-refractivity contribution in [2.75, 3.05) is 46.2 Å². The van der Waals surface area contributed by atoms with Gasteiger partial charge in [-0.05, 0) is 63.3 Å². The fourth-order valence-electron chi connectivity index (χ4n) is 5.17. The lowest BCUT2D eigenvalue weighted by molar-refractivity contribution is -0.117. The molecule has 0 bridgehead atoms. The van der Waals surface area contributed by atoms with Crippen LogP contribution in [-0.2, 0) is 4.79 Å². The van der Waals surface area contributed by atoms with Gasteiger partial charge in [0.2, 0.25) is 11.9 Å². The third kappa shape index (κ3) is 4.05. The standard InChI is InChI=1S/C24H32N6O/c1-2-29-21-16-25-24(27-23(21)30(17-22(29)31)20-8-4-5-9-20)26-18-10-12-19(13-11-18)28-14-6-3-7-15-28/h10-13,16,20H,2-9,14-15,17H2,1H3,(H,25,26,27). The van der Waals surface area contributed by atoms with Gasteiger partial charge in [-0.3, -0.25) is 4.79 Å². The van der Waals surface area contributed by atoms with E-state index in [1.54, 1.807) is 11.1 Å². The highest BCUT2D eigenvalue weighted by molar-refractivity contribution is 6.02. The molecule has 1 aromatic heterocycles. The number of hydrogen-bond acceptors (Lipinski definition) is 6. The Hall–Kier alpha value is -2.83. The Morgan fingerprint density at radius 1 is 1.03 bits per heavy atom. The molecule has 0 spiro atoms. The number of benzene rings is 1. The van der Waals surface area contributed by atoms with Crippen molar-refractivity contribution in [2.45, 2.75) is 57.9 Å². The highest BCUT2D eigenvalue weighted by Crippen LogP contribution is 2.37. The van der Waals surface area contributed by atoms with Crippen molar-refractivity contribution in [1.29, 1.82) is 0 Å². The zero-order valence-electron chi connectivity index (χ0n) is 18.4. The van der Waals surface area contributed by atoms with Crippen molar-refractivity contribution >= 4 is 34.7 Å². The number of nitrogens with one attached hydrogen (secondary N) is 1. The smallest absolute Gasteiger partial charge is 0.246 e. The second-order valence-corrected chi connectivity index (χ2v) is 8.83. The molecule has 2 aromatic rings. The summed E-state index contributed by atoms with van der Waals surface area (Å²) in [5.74, 6) is 1.60. The van der Waals surface area contributed by atoms with Crippen molar-refractivity contribution in [3.05, 3.63) is 30.5 Å². The second kappa shape index (κ2) is 8.73. The lowest BCUT2D eigenvalue weighted by atomic mass is 10.1. The lowest BCUT2D eigenvalue weighted by Gasteiger charge is -2.38. The maximum Gasteiger partial charge on any atom is 0.246 e. The number of carbonyl (C=O) groups excluding carboxylic acids is 1. The van der Waals surface area contributed by atoms with E-state index in [0.717, 1.165) is 43.1 Å². The van der Waals surface area contributed by atoms with Gasteiger partial charge in [0.25, 0.3) is 0 Å². The SMILES string of the molecule is CCN1C(=O)CN(C2CCCC2)c2nc(Nc3ccc(N4CCCCC4)cc3)ncc21. The molecule has 3 heterocycles. The summed E-state index contributed by atoms with van der Waals surface area (Å²) in [7, 11) is 0. The summed E-state index contributed by atoms with van der Waals surface area (Å²) >= 11 is 0. The van der Waals surface area contributed by atoms with Crippen molar-refractivity contribution in [2.24, 2.45) is 0 Å². The third-order valence-electron chi connectivity index (χ3n) is 6.85. The molecule has 5 rings (SSSR count). The molecule has 0 atom stereocenters. The molecule has 31 heavy (non-hydrogen) atoms. The number of rotatable bonds is 5. The van der Waals surface area contributed by atoms with Crippen LogP contribution in [0.5, 0.6) is 0 Å². The van der Waals surface area contributed by atoms with Crippen LogP contribution in [0, 0.1) is 0 Å². The topological polar surface area (TPSA) is 64.6 Å². The maximum atomic E-state index is 12.7. The molecule has 1 aliphatic carbocycles. The minimum Gasteiger partial charge on any atom is -0.372 e. The first kappa shape index (κ1) is 20.1. The summed E-state index contributed by atoms with van der Waals surface area (Å²) in [6.07, 6.45) is 10.4. The van der Waals surface area contributed by atoms with Crippen molar-refractivity contribution in [3.63, 3.8) is 0 Å². The van der Waals surface area contributed by atoms with E-state index in [-0.39, 0.29) is 5.91 Å². The zero-order chi connectivity index (χ0) is 21.2. The van der Waals surface area contributed by atoms with E-state index in [9.17, 15) is 4.79 Å². The molecular weight excluding hydrogens is 388 g/mol. The molecule has 1 saturated heterocycles. The molecule has 0 radical (unpaired) electrons. The summed E-state index contributed by atoms with van der Waals surface area (Å²) in [5.41, 5.74) is 3.09. The number of likely N-dealkylation sites (N-methyl/N-ethyl adjacent to an activating group) is 1. The van der Waals surface area contributed by atoms with Gasteiger partial charge in [-0.2, -0.15) is 4.98 Å². The Morgan fingerprint density at radius 3 is 2.48 bits per heavy atom. The number of carbonyl (C=O) groups is 1. The predicted molar refractivity (Wildman–Crippen MR) is 125 cm³/mol. The van der Waals surface area contributed by atoms with Gasteiger partial charge in [0.1, 0.15) is 5.69 Å². The van der Waals surface area contributed by atoms with Gasteiger partial charge >= 0.3 is 0 Å². The number of anilines is 5. The van der Waals surface area contributed by atoms with E-state index >= 15 is 0 Å². The minimum atomic E-state index is 0.138. The summed E-state index contributed by atoms with van der Waals surface area (Å²) in [5, 5.41) is 3.37. The van der Waals surface area contributed by atoms with Crippen molar-refractivity contribution in [3.8, 4) is 0 Å². The van der Waals surface area contributed by atoms with Gasteiger partial charge in [0.15, 0.2) is 5.82 Å². The van der Waals surface area contributed by atoms with Crippen LogP contribution in [0.25, 0.3) is 0 Å². The monoisotopic (exact) mass is 420 g/mol. The number of nitrogens with zero attached hydrogens (tertiary/aromatic N) is 5. The number of amides is 1. The fourth-order valence-corrected chi connectivity index (χ4v) is 5.17. The predicted octanol–water partition coefficient (Wildman–Crippen LogP) is 4.33. The fraction of sp³-hybridized carbons (Fsp3) is 0.542. The molecule has 2 fully saturated rings. The molecule has 1 aromatic carbocycles. The van der Waals surface area contributed by atoms with Gasteiger partial charge in [-0.25, -0.2) is 4.98 Å². The van der Waals surface area contributed by atoms with E-state index in [1.807, 2.05) is 6.92 Å². The Morgan fingerprint density at radius 2 is 1.77 bits per heavy atom. The first-order valence-electron chi connectivity index (χ1n) is 11.8. The largest absolute Gasteiger partial charge is 0.372 e. The van der Waals surface area contributed by atoms with Crippen LogP contribution in [0.3, 0.4) is 0 Å². The number of piperidine rings is 1. The van der Waals surface area contributed by atoms with E-state index < -0.39 is 0 Å². The van der Waals surface area contributed by atoms with Gasteiger partial charge in [0, 0.05) is 37.1 Å². The van der Waals surface area contributed by atoms with Crippen molar-refractivity contribution in [1.82, 2.24) is 9.97 Å². The highest BCUT2D eigenvalue weighted by Gasteiger charge is 2.35. The number of fused-ring (bicyclic) bond motifs is 1. The van der Waals surface area contributed by atoms with Crippen LogP contribution in [0.15, 0.2) is 30.5 Å². The quantitative estimate of drug-likeness (QED) is 0.777. The third-order valence-corrected chi connectivity index (χ3v) is 6.85. The van der Waals surface area contributed by atoms with E-state index in [4.69, 9.17) is 4.98 Å². The molecule has 164 valence electrons. The molecule has 3 aliphatic rings. The van der Waals surface area contributed by atoms with Crippen LogP contribution >= 0.6 is 0 Å². The van der Waals surface area contributed by atoms with Crippen LogP contribution in [0.2, 0.25) is 0 Å². The highest BCUT2D eigenvalue weighted by atomic mass is 16.2. The minimum absolute atomic E-state index is 0.138. The molecule has 2 aliphatic heterocycles. The summed E-state index contributed by atoms with van der Waals surface area (Å²) < 4.78 is 0. The Balaban J connectivity index is 1.38. The lowest BCUT2D eigenvalue weighted by Crippen LogP contribution is -2.49. The van der Waals surface area contributed by atoms with Gasteiger partial charge < -0.3 is 20.0 Å². The van der Waals surface area contributed by atoms with E-state index in [2.05, 4.69) is 44.4 Å². The molecule has 0 unspecified atom stereocenters. The summed E-state index contributed by atoms with van der Waals surface area (Å²) in [6.45, 7) is 5.34. The van der Waals surface area contributed by atoms with Crippen LogP contribution in [0.4, 0.5) is 28.8 Å². The normalized spacial score (nSPS) is 19.6. The zero-order valence-corrected chi connectivity index (χ0v) is 18.4. The molecular formula is C24H32N6O. The average molecular weight is 421 g/mol. The molecule has 7 heteroatoms. The summed E-state index contributed by atoms with van der Waals surface area (Å²) in [6, 6.07) is 8.95. The average Bonchev–Trinajstić information content (AvgIpc) is 3.35. The van der Waals surface area contributed by atoms with Gasteiger partial charge in [-0.1, -0.05) is 12.8 Å². The second-order valence-electron chi connectivity index (χ2n) is 8.83. The number of aromatic nitrogens is 2.